The van der Waals surface area contributed by atoms with Crippen molar-refractivity contribution >= 4 is 16.7 Å². The van der Waals surface area contributed by atoms with Gasteiger partial charge in [-0.25, -0.2) is 5.84 Å². The molecular formula is C7H7N5. The van der Waals surface area contributed by atoms with E-state index in [0.717, 1.165) is 10.9 Å². The molecule has 0 amide bonds. The summed E-state index contributed by atoms with van der Waals surface area (Å²) < 4.78 is 0. The van der Waals surface area contributed by atoms with E-state index in [1.807, 2.05) is 0 Å². The number of aromatic nitrogens is 3. The normalized spacial score (nSPS) is 10.1. The van der Waals surface area contributed by atoms with Gasteiger partial charge in [-0.15, -0.1) is 10.2 Å². The molecule has 0 aliphatic rings. The number of pyridine rings is 1. The molecule has 0 aliphatic heterocycles. The number of hydrazine groups is 1. The topological polar surface area (TPSA) is 76.7 Å². The van der Waals surface area contributed by atoms with Crippen molar-refractivity contribution in [1.29, 1.82) is 0 Å². The van der Waals surface area contributed by atoms with E-state index >= 15 is 0 Å². The highest BCUT2D eigenvalue weighted by atomic mass is 15.3. The molecule has 0 unspecified atom stereocenters. The van der Waals surface area contributed by atoms with Gasteiger partial charge in [-0.3, -0.25) is 4.98 Å². The van der Waals surface area contributed by atoms with Crippen LogP contribution in [0.15, 0.2) is 24.5 Å². The molecule has 0 spiro atoms. The molecule has 60 valence electrons. The zero-order valence-corrected chi connectivity index (χ0v) is 6.23. The first-order valence-corrected chi connectivity index (χ1v) is 3.44. The summed E-state index contributed by atoms with van der Waals surface area (Å²) in [4.78, 5) is 3.95. The quantitative estimate of drug-likeness (QED) is 0.465. The first kappa shape index (κ1) is 6.93. The van der Waals surface area contributed by atoms with E-state index in [1.54, 1.807) is 24.5 Å². The Hall–Kier alpha value is -1.75. The van der Waals surface area contributed by atoms with Crippen molar-refractivity contribution in [2.75, 3.05) is 5.43 Å². The molecule has 0 saturated heterocycles. The highest BCUT2D eigenvalue weighted by Gasteiger charge is 1.95. The zero-order valence-electron chi connectivity index (χ0n) is 6.23. The summed E-state index contributed by atoms with van der Waals surface area (Å²) in [5, 5.41) is 8.65. The lowest BCUT2D eigenvalue weighted by Gasteiger charge is -1.98. The van der Waals surface area contributed by atoms with Gasteiger partial charge in [0.25, 0.3) is 0 Å². The van der Waals surface area contributed by atoms with Gasteiger partial charge in [0, 0.05) is 17.8 Å². The number of hydrogen-bond acceptors (Lipinski definition) is 5. The van der Waals surface area contributed by atoms with E-state index < -0.39 is 0 Å². The molecule has 0 aromatic carbocycles. The minimum atomic E-state index is 0.538. The molecule has 0 radical (unpaired) electrons. The molecule has 2 aromatic rings. The summed E-state index contributed by atoms with van der Waals surface area (Å²) >= 11 is 0. The van der Waals surface area contributed by atoms with Crippen LogP contribution in [0.3, 0.4) is 0 Å². The largest absolute Gasteiger partial charge is 0.307 e. The molecule has 5 heteroatoms. The van der Waals surface area contributed by atoms with Crippen LogP contribution < -0.4 is 11.3 Å². The Morgan fingerprint density at radius 3 is 3.08 bits per heavy atom. The molecule has 0 saturated carbocycles. The van der Waals surface area contributed by atoms with Gasteiger partial charge in [0.1, 0.15) is 0 Å². The van der Waals surface area contributed by atoms with Gasteiger partial charge in [-0.2, -0.15) is 0 Å². The molecule has 0 atom stereocenters. The van der Waals surface area contributed by atoms with Crippen LogP contribution >= 0.6 is 0 Å². The summed E-state index contributed by atoms with van der Waals surface area (Å²) in [5.74, 6) is 5.71. The summed E-state index contributed by atoms with van der Waals surface area (Å²) in [6, 6.07) is 3.58. The van der Waals surface area contributed by atoms with Gasteiger partial charge in [-0.05, 0) is 12.1 Å². The number of fused-ring (bicyclic) bond motifs is 1. The molecule has 5 nitrogen and oxygen atoms in total. The monoisotopic (exact) mass is 161 g/mol. The van der Waals surface area contributed by atoms with Crippen molar-refractivity contribution in [3.05, 3.63) is 24.5 Å². The SMILES string of the molecule is NNc1cc2cnccc2nn1. The fourth-order valence-corrected chi connectivity index (χ4v) is 0.956. The first-order chi connectivity index (χ1) is 5.90. The number of nitrogens with one attached hydrogen (secondary N) is 1. The van der Waals surface area contributed by atoms with Crippen LogP contribution in [0.25, 0.3) is 10.9 Å². The molecule has 0 fully saturated rings. The van der Waals surface area contributed by atoms with E-state index in [9.17, 15) is 0 Å². The van der Waals surface area contributed by atoms with Crippen LogP contribution in [0.4, 0.5) is 5.82 Å². The average Bonchev–Trinajstić information content (AvgIpc) is 2.17. The highest BCUT2D eigenvalue weighted by Crippen LogP contribution is 2.10. The van der Waals surface area contributed by atoms with Crippen LogP contribution in [0.5, 0.6) is 0 Å². The summed E-state index contributed by atoms with van der Waals surface area (Å²) in [5.41, 5.74) is 3.23. The molecule has 2 aromatic heterocycles. The maximum absolute atomic E-state index is 5.17. The maximum Gasteiger partial charge on any atom is 0.163 e. The third-order valence-electron chi connectivity index (χ3n) is 1.53. The van der Waals surface area contributed by atoms with Gasteiger partial charge in [0.15, 0.2) is 5.82 Å². The average molecular weight is 161 g/mol. The molecule has 0 aliphatic carbocycles. The molecule has 2 rings (SSSR count). The fourth-order valence-electron chi connectivity index (χ4n) is 0.956. The van der Waals surface area contributed by atoms with Crippen molar-refractivity contribution in [3.8, 4) is 0 Å². The predicted molar refractivity (Wildman–Crippen MR) is 45.1 cm³/mol. The fraction of sp³-hybridized carbons (Fsp3) is 0. The zero-order chi connectivity index (χ0) is 8.39. The minimum Gasteiger partial charge on any atom is -0.307 e. The van der Waals surface area contributed by atoms with Crippen LogP contribution in [-0.2, 0) is 0 Å². The predicted octanol–water partition coefficient (Wildman–Crippen LogP) is 0.310. The summed E-state index contributed by atoms with van der Waals surface area (Å²) in [7, 11) is 0. The van der Waals surface area contributed by atoms with Gasteiger partial charge >= 0.3 is 0 Å². The van der Waals surface area contributed by atoms with E-state index in [0.29, 0.717) is 5.82 Å². The van der Waals surface area contributed by atoms with E-state index in [1.165, 1.54) is 0 Å². The molecular weight excluding hydrogens is 154 g/mol. The number of anilines is 1. The Balaban J connectivity index is 2.67. The number of nitrogens with two attached hydrogens (primary N) is 1. The van der Waals surface area contributed by atoms with Gasteiger partial charge in [0.2, 0.25) is 0 Å². The lowest BCUT2D eigenvalue weighted by atomic mass is 10.3. The van der Waals surface area contributed by atoms with Crippen molar-refractivity contribution in [2.24, 2.45) is 5.84 Å². The van der Waals surface area contributed by atoms with Crippen LogP contribution in [0, 0.1) is 0 Å². The highest BCUT2D eigenvalue weighted by molar-refractivity contribution is 5.78. The minimum absolute atomic E-state index is 0.538. The van der Waals surface area contributed by atoms with Crippen molar-refractivity contribution in [2.45, 2.75) is 0 Å². The second kappa shape index (κ2) is 2.71. The third kappa shape index (κ3) is 1.06. The molecule has 12 heavy (non-hydrogen) atoms. The maximum atomic E-state index is 5.17. The van der Waals surface area contributed by atoms with E-state index in [-0.39, 0.29) is 0 Å². The van der Waals surface area contributed by atoms with Crippen LogP contribution in [0.1, 0.15) is 0 Å². The lowest BCUT2D eigenvalue weighted by molar-refractivity contribution is 1.06. The number of nitrogen functional groups attached to an aromatic ring is 1. The molecule has 3 N–H and O–H groups in total. The van der Waals surface area contributed by atoms with Gasteiger partial charge in [0.05, 0.1) is 5.52 Å². The van der Waals surface area contributed by atoms with Gasteiger partial charge < -0.3 is 5.43 Å². The standard InChI is InChI=1S/C7H7N5/c8-10-7-3-5-4-9-2-1-6(5)11-12-7/h1-4H,8H2,(H,10,12). The first-order valence-electron chi connectivity index (χ1n) is 3.44. The van der Waals surface area contributed by atoms with Crippen LogP contribution in [0.2, 0.25) is 0 Å². The Labute approximate surface area is 68.6 Å². The smallest absolute Gasteiger partial charge is 0.163 e. The Kier molecular flexibility index (Phi) is 1.56. The Morgan fingerprint density at radius 2 is 2.25 bits per heavy atom. The third-order valence-corrected chi connectivity index (χ3v) is 1.53. The summed E-state index contributed by atoms with van der Waals surface area (Å²) in [6.07, 6.45) is 3.39. The molecule has 2 heterocycles. The van der Waals surface area contributed by atoms with E-state index in [2.05, 4.69) is 20.6 Å². The van der Waals surface area contributed by atoms with E-state index in [4.69, 9.17) is 5.84 Å². The summed E-state index contributed by atoms with van der Waals surface area (Å²) in [6.45, 7) is 0. The number of rotatable bonds is 1. The second-order valence-electron chi connectivity index (χ2n) is 2.31. The van der Waals surface area contributed by atoms with Crippen molar-refractivity contribution in [3.63, 3.8) is 0 Å². The lowest BCUT2D eigenvalue weighted by Crippen LogP contribution is -2.08. The number of hydrogen-bond donors (Lipinski definition) is 2. The Morgan fingerprint density at radius 1 is 1.33 bits per heavy atom. The number of nitrogens with zero attached hydrogens (tertiary/aromatic N) is 3. The van der Waals surface area contributed by atoms with Crippen LogP contribution in [-0.4, -0.2) is 15.2 Å². The second-order valence-corrected chi connectivity index (χ2v) is 2.31. The van der Waals surface area contributed by atoms with Gasteiger partial charge in [-0.1, -0.05) is 0 Å². The Bertz CT molecular complexity index is 400. The van der Waals surface area contributed by atoms with Crippen molar-refractivity contribution < 1.29 is 0 Å². The van der Waals surface area contributed by atoms with Crippen molar-refractivity contribution in [1.82, 2.24) is 15.2 Å². The molecule has 0 bridgehead atoms.